The van der Waals surface area contributed by atoms with Crippen molar-refractivity contribution >= 4 is 5.82 Å². The van der Waals surface area contributed by atoms with Crippen LogP contribution in [0, 0.1) is 0 Å². The number of anilines is 1. The number of nitrogens with two attached hydrogens (primary N) is 1. The van der Waals surface area contributed by atoms with Crippen molar-refractivity contribution in [1.29, 1.82) is 0 Å². The van der Waals surface area contributed by atoms with Crippen LogP contribution in [0.2, 0.25) is 0 Å². The van der Waals surface area contributed by atoms with Gasteiger partial charge in [-0.25, -0.2) is 4.98 Å². The monoisotopic (exact) mass is 220 g/mol. The van der Waals surface area contributed by atoms with Crippen molar-refractivity contribution in [2.24, 2.45) is 0 Å². The number of nitrogen functional groups attached to an aromatic ring is 1. The van der Waals surface area contributed by atoms with Gasteiger partial charge in [0.2, 0.25) is 0 Å². The average molecular weight is 220 g/mol. The van der Waals surface area contributed by atoms with Crippen molar-refractivity contribution in [3.63, 3.8) is 0 Å². The maximum Gasteiger partial charge on any atom is 0.126 e. The van der Waals surface area contributed by atoms with Crippen molar-refractivity contribution in [3.05, 3.63) is 23.9 Å². The van der Waals surface area contributed by atoms with Crippen LogP contribution in [0.4, 0.5) is 5.82 Å². The first-order valence-corrected chi connectivity index (χ1v) is 6.50. The molecule has 0 saturated heterocycles. The topological polar surface area (TPSA) is 38.9 Å². The molecule has 1 rings (SSSR count). The van der Waals surface area contributed by atoms with Crippen molar-refractivity contribution in [2.45, 2.75) is 58.3 Å². The molecule has 2 heteroatoms. The summed E-state index contributed by atoms with van der Waals surface area (Å²) in [5.74, 6) is 1.30. The van der Waals surface area contributed by atoms with Crippen LogP contribution in [-0.2, 0) is 0 Å². The average Bonchev–Trinajstić information content (AvgIpc) is 2.31. The van der Waals surface area contributed by atoms with Crippen LogP contribution in [0.3, 0.4) is 0 Å². The van der Waals surface area contributed by atoms with Crippen LogP contribution in [0.1, 0.15) is 63.9 Å². The Hall–Kier alpha value is -1.05. The second-order valence-corrected chi connectivity index (χ2v) is 4.43. The van der Waals surface area contributed by atoms with Crippen LogP contribution in [0.15, 0.2) is 18.3 Å². The van der Waals surface area contributed by atoms with Gasteiger partial charge in [0.15, 0.2) is 0 Å². The van der Waals surface area contributed by atoms with Crippen molar-refractivity contribution in [1.82, 2.24) is 4.98 Å². The van der Waals surface area contributed by atoms with E-state index >= 15 is 0 Å². The molecule has 0 fully saturated rings. The maximum atomic E-state index is 5.92. The highest BCUT2D eigenvalue weighted by Crippen LogP contribution is 2.28. The van der Waals surface area contributed by atoms with Crippen molar-refractivity contribution in [3.8, 4) is 0 Å². The fraction of sp³-hybridized carbons (Fsp3) is 0.643. The SMILES string of the molecule is CCCCCCC(CC)c1cccnc1N. The molecule has 1 aromatic rings. The summed E-state index contributed by atoms with van der Waals surface area (Å²) in [5.41, 5.74) is 7.15. The Kier molecular flexibility index (Phi) is 5.91. The molecule has 2 nitrogen and oxygen atoms in total. The molecule has 1 heterocycles. The summed E-state index contributed by atoms with van der Waals surface area (Å²) in [5, 5.41) is 0. The number of hydrogen-bond acceptors (Lipinski definition) is 2. The van der Waals surface area contributed by atoms with Gasteiger partial charge in [-0.3, -0.25) is 0 Å². The zero-order valence-corrected chi connectivity index (χ0v) is 10.6. The molecule has 0 aliphatic heterocycles. The lowest BCUT2D eigenvalue weighted by Gasteiger charge is -2.16. The molecule has 0 bridgehead atoms. The highest BCUT2D eigenvalue weighted by Gasteiger charge is 2.12. The zero-order chi connectivity index (χ0) is 11.8. The molecule has 0 aromatic carbocycles. The fourth-order valence-corrected chi connectivity index (χ4v) is 2.17. The van der Waals surface area contributed by atoms with E-state index in [1.165, 1.54) is 37.7 Å². The molecular formula is C14H24N2. The van der Waals surface area contributed by atoms with Gasteiger partial charge in [-0.15, -0.1) is 0 Å². The third kappa shape index (κ3) is 3.84. The van der Waals surface area contributed by atoms with E-state index in [1.807, 2.05) is 6.07 Å². The lowest BCUT2D eigenvalue weighted by atomic mass is 9.91. The molecule has 16 heavy (non-hydrogen) atoms. The number of rotatable bonds is 7. The Labute approximate surface area is 99.3 Å². The number of unbranched alkanes of at least 4 members (excludes halogenated alkanes) is 3. The van der Waals surface area contributed by atoms with E-state index in [4.69, 9.17) is 5.73 Å². The smallest absolute Gasteiger partial charge is 0.126 e. The number of aromatic nitrogens is 1. The van der Waals surface area contributed by atoms with Gasteiger partial charge in [0.25, 0.3) is 0 Å². The van der Waals surface area contributed by atoms with Crippen LogP contribution in [0.5, 0.6) is 0 Å². The third-order valence-electron chi connectivity index (χ3n) is 3.21. The second-order valence-electron chi connectivity index (χ2n) is 4.43. The maximum absolute atomic E-state index is 5.92. The van der Waals surface area contributed by atoms with E-state index in [0.29, 0.717) is 11.7 Å². The predicted molar refractivity (Wildman–Crippen MR) is 70.4 cm³/mol. The highest BCUT2D eigenvalue weighted by molar-refractivity contribution is 5.41. The van der Waals surface area contributed by atoms with Gasteiger partial charge in [0.1, 0.15) is 5.82 Å². The molecule has 0 aliphatic rings. The minimum atomic E-state index is 0.588. The number of pyridine rings is 1. The Morgan fingerprint density at radius 1 is 1.25 bits per heavy atom. The van der Waals surface area contributed by atoms with Crippen LogP contribution < -0.4 is 5.73 Å². The van der Waals surface area contributed by atoms with Gasteiger partial charge in [-0.2, -0.15) is 0 Å². The fourth-order valence-electron chi connectivity index (χ4n) is 2.17. The third-order valence-corrected chi connectivity index (χ3v) is 3.21. The Balaban J connectivity index is 2.51. The van der Waals surface area contributed by atoms with E-state index in [1.54, 1.807) is 6.20 Å². The summed E-state index contributed by atoms with van der Waals surface area (Å²) in [4.78, 5) is 4.17. The first-order valence-electron chi connectivity index (χ1n) is 6.50. The summed E-state index contributed by atoms with van der Waals surface area (Å²) in [7, 11) is 0. The van der Waals surface area contributed by atoms with Gasteiger partial charge in [0, 0.05) is 6.20 Å². The first-order chi connectivity index (χ1) is 7.79. The Morgan fingerprint density at radius 3 is 2.69 bits per heavy atom. The van der Waals surface area contributed by atoms with Crippen LogP contribution in [0.25, 0.3) is 0 Å². The number of nitrogens with zero attached hydrogens (tertiary/aromatic N) is 1. The van der Waals surface area contributed by atoms with Gasteiger partial charge in [-0.05, 0) is 30.4 Å². The van der Waals surface area contributed by atoms with E-state index in [2.05, 4.69) is 24.9 Å². The zero-order valence-electron chi connectivity index (χ0n) is 10.6. The van der Waals surface area contributed by atoms with Crippen molar-refractivity contribution in [2.75, 3.05) is 5.73 Å². The molecule has 0 saturated carbocycles. The summed E-state index contributed by atoms with van der Waals surface area (Å²) in [6.07, 6.45) is 9.45. The second kappa shape index (κ2) is 7.26. The summed E-state index contributed by atoms with van der Waals surface area (Å²) >= 11 is 0. The molecule has 0 amide bonds. The van der Waals surface area contributed by atoms with Crippen LogP contribution in [-0.4, -0.2) is 4.98 Å². The molecular weight excluding hydrogens is 196 g/mol. The van der Waals surface area contributed by atoms with Gasteiger partial charge in [0.05, 0.1) is 0 Å². The molecule has 1 aromatic heterocycles. The van der Waals surface area contributed by atoms with Gasteiger partial charge in [-0.1, -0.05) is 45.6 Å². The summed E-state index contributed by atoms with van der Waals surface area (Å²) in [6.45, 7) is 4.48. The first kappa shape index (κ1) is 13.0. The van der Waals surface area contributed by atoms with E-state index in [-0.39, 0.29) is 0 Å². The molecule has 0 spiro atoms. The van der Waals surface area contributed by atoms with Gasteiger partial charge >= 0.3 is 0 Å². The summed E-state index contributed by atoms with van der Waals surface area (Å²) in [6, 6.07) is 4.11. The predicted octanol–water partition coefficient (Wildman–Crippen LogP) is 4.13. The summed E-state index contributed by atoms with van der Waals surface area (Å²) < 4.78 is 0. The van der Waals surface area contributed by atoms with Crippen LogP contribution >= 0.6 is 0 Å². The quantitative estimate of drug-likeness (QED) is 0.702. The normalized spacial score (nSPS) is 12.6. The Bertz CT molecular complexity index is 297. The van der Waals surface area contributed by atoms with Gasteiger partial charge < -0.3 is 5.73 Å². The molecule has 90 valence electrons. The molecule has 0 aliphatic carbocycles. The van der Waals surface area contributed by atoms with Crippen molar-refractivity contribution < 1.29 is 0 Å². The Morgan fingerprint density at radius 2 is 2.06 bits per heavy atom. The highest BCUT2D eigenvalue weighted by atomic mass is 14.8. The molecule has 2 N–H and O–H groups in total. The van der Waals surface area contributed by atoms with E-state index in [0.717, 1.165) is 6.42 Å². The minimum absolute atomic E-state index is 0.588. The molecule has 1 atom stereocenters. The lowest BCUT2D eigenvalue weighted by molar-refractivity contribution is 0.543. The standard InChI is InChI=1S/C14H24N2/c1-3-5-6-7-9-12(4-2)13-10-8-11-16-14(13)15/h8,10-12H,3-7,9H2,1-2H3,(H2,15,16). The largest absolute Gasteiger partial charge is 0.383 e. The number of hydrogen-bond donors (Lipinski definition) is 1. The molecule has 1 unspecified atom stereocenters. The van der Waals surface area contributed by atoms with E-state index in [9.17, 15) is 0 Å². The minimum Gasteiger partial charge on any atom is -0.383 e. The molecule has 0 radical (unpaired) electrons. The lowest BCUT2D eigenvalue weighted by Crippen LogP contribution is -2.03. The van der Waals surface area contributed by atoms with E-state index < -0.39 is 0 Å².